The SMILES string of the molecule is CCCCCCCCCC/C=C\CCCCCCCCCCCCCCCCCCCCCCCCCC(=O)OC(COC(=O)CCCCCCCCCCCCCCC/C=C\CCCCCCCCCC)COP(=O)(O)OCC[N+](C)(C)C. The van der Waals surface area contributed by atoms with Gasteiger partial charge in [0.1, 0.15) is 19.8 Å². The maximum Gasteiger partial charge on any atom is 0.472 e. The molecule has 1 N–H and O–H groups in total. The van der Waals surface area contributed by atoms with Gasteiger partial charge in [-0.25, -0.2) is 4.57 Å². The summed E-state index contributed by atoms with van der Waals surface area (Å²) in [6, 6.07) is 0. The van der Waals surface area contributed by atoms with Crippen LogP contribution in [-0.2, 0) is 32.7 Å². The van der Waals surface area contributed by atoms with Crippen LogP contribution < -0.4 is 0 Å². The van der Waals surface area contributed by atoms with Crippen LogP contribution in [0.2, 0.25) is 0 Å². The van der Waals surface area contributed by atoms with Gasteiger partial charge in [-0.2, -0.15) is 0 Å². The molecule has 0 fully saturated rings. The molecule has 10 heteroatoms. The lowest BCUT2D eigenvalue weighted by Gasteiger charge is -2.24. The van der Waals surface area contributed by atoms with Gasteiger partial charge in [-0.15, -0.1) is 0 Å². The lowest BCUT2D eigenvalue weighted by Crippen LogP contribution is -2.37. The normalized spacial score (nSPS) is 13.2. The zero-order valence-electron chi connectivity index (χ0n) is 56.9. The summed E-state index contributed by atoms with van der Waals surface area (Å²) >= 11 is 0. The van der Waals surface area contributed by atoms with Crippen molar-refractivity contribution < 1.29 is 42.1 Å². The van der Waals surface area contributed by atoms with Gasteiger partial charge in [0.2, 0.25) is 0 Å². The maximum absolute atomic E-state index is 12.9. The summed E-state index contributed by atoms with van der Waals surface area (Å²) in [7, 11) is 1.50. The zero-order chi connectivity index (χ0) is 61.2. The summed E-state index contributed by atoms with van der Waals surface area (Å²) in [5.74, 6) is -0.773. The van der Waals surface area contributed by atoms with Crippen LogP contribution in [0.5, 0.6) is 0 Å². The van der Waals surface area contributed by atoms with Crippen LogP contribution >= 0.6 is 7.82 Å². The molecule has 0 aromatic rings. The molecule has 0 heterocycles. The summed E-state index contributed by atoms with van der Waals surface area (Å²) in [6.07, 6.45) is 83.1. The van der Waals surface area contributed by atoms with E-state index in [0.29, 0.717) is 17.4 Å². The summed E-state index contributed by atoms with van der Waals surface area (Å²) in [5.41, 5.74) is 0. The lowest BCUT2D eigenvalue weighted by molar-refractivity contribution is -0.870. The molecule has 0 saturated carbocycles. The van der Waals surface area contributed by atoms with E-state index in [0.717, 1.165) is 38.5 Å². The van der Waals surface area contributed by atoms with Crippen molar-refractivity contribution in [2.75, 3.05) is 47.5 Å². The number of unbranched alkanes of at least 4 members (excludes halogenated alkanes) is 52. The molecule has 0 amide bonds. The number of hydrogen-bond acceptors (Lipinski definition) is 7. The summed E-state index contributed by atoms with van der Waals surface area (Å²) in [4.78, 5) is 35.9. The number of likely N-dealkylation sites (N-methyl/N-ethyl adjacent to an activating group) is 1. The van der Waals surface area contributed by atoms with Crippen LogP contribution in [-0.4, -0.2) is 74.9 Å². The van der Waals surface area contributed by atoms with Gasteiger partial charge in [0, 0.05) is 12.8 Å². The Morgan fingerprint density at radius 3 is 0.881 bits per heavy atom. The molecule has 0 aromatic heterocycles. The Balaban J connectivity index is 3.94. The number of quaternary nitrogens is 1. The summed E-state index contributed by atoms with van der Waals surface area (Å²) in [5, 5.41) is 0. The van der Waals surface area contributed by atoms with Crippen molar-refractivity contribution in [1.29, 1.82) is 0 Å². The first-order valence-corrected chi connectivity index (χ1v) is 38.6. The molecule has 0 aliphatic rings. The van der Waals surface area contributed by atoms with Gasteiger partial charge in [0.15, 0.2) is 6.10 Å². The Hall–Kier alpha value is -1.51. The average molecular weight is 1210 g/mol. The fourth-order valence-electron chi connectivity index (χ4n) is 11.2. The van der Waals surface area contributed by atoms with Gasteiger partial charge in [-0.3, -0.25) is 18.6 Å². The van der Waals surface area contributed by atoms with Crippen molar-refractivity contribution in [3.05, 3.63) is 24.3 Å². The van der Waals surface area contributed by atoms with E-state index < -0.39 is 26.5 Å². The van der Waals surface area contributed by atoms with Gasteiger partial charge in [0.05, 0.1) is 27.7 Å². The molecule has 0 rings (SSSR count). The number of carbonyl (C=O) groups is 2. The molecule has 0 spiro atoms. The molecule has 84 heavy (non-hydrogen) atoms. The van der Waals surface area contributed by atoms with E-state index in [2.05, 4.69) is 38.2 Å². The largest absolute Gasteiger partial charge is 0.472 e. The predicted molar refractivity (Wildman–Crippen MR) is 363 cm³/mol. The Kier molecular flexibility index (Phi) is 64.7. The Labute approximate surface area is 523 Å². The van der Waals surface area contributed by atoms with E-state index in [1.807, 2.05) is 21.1 Å². The van der Waals surface area contributed by atoms with E-state index in [9.17, 15) is 19.0 Å². The second-order valence-electron chi connectivity index (χ2n) is 26.7. The monoisotopic (exact) mass is 1210 g/mol. The molecule has 498 valence electrons. The number of esters is 2. The lowest BCUT2D eigenvalue weighted by atomic mass is 10.0. The number of phosphoric acid groups is 1. The Morgan fingerprint density at radius 2 is 0.607 bits per heavy atom. The Morgan fingerprint density at radius 1 is 0.357 bits per heavy atom. The van der Waals surface area contributed by atoms with E-state index >= 15 is 0 Å². The number of phosphoric ester groups is 1. The highest BCUT2D eigenvalue weighted by Gasteiger charge is 2.27. The van der Waals surface area contributed by atoms with Gasteiger partial charge in [-0.05, 0) is 64.2 Å². The number of hydrogen-bond donors (Lipinski definition) is 1. The number of ether oxygens (including phenoxy) is 2. The smallest absolute Gasteiger partial charge is 0.462 e. The van der Waals surface area contributed by atoms with Crippen molar-refractivity contribution >= 4 is 19.8 Å². The van der Waals surface area contributed by atoms with Gasteiger partial charge in [0.25, 0.3) is 0 Å². The molecule has 0 radical (unpaired) electrons. The van der Waals surface area contributed by atoms with Crippen LogP contribution in [0, 0.1) is 0 Å². The highest BCUT2D eigenvalue weighted by atomic mass is 31.2. The highest BCUT2D eigenvalue weighted by Crippen LogP contribution is 2.43. The van der Waals surface area contributed by atoms with Crippen LogP contribution in [0.25, 0.3) is 0 Å². The molecule has 0 aromatic carbocycles. The molecule has 2 unspecified atom stereocenters. The molecule has 0 aliphatic carbocycles. The fourth-order valence-corrected chi connectivity index (χ4v) is 12.0. The third-order valence-corrected chi connectivity index (χ3v) is 17.9. The van der Waals surface area contributed by atoms with Crippen molar-refractivity contribution in [2.24, 2.45) is 0 Å². The summed E-state index contributed by atoms with van der Waals surface area (Å²) in [6.45, 7) is 4.51. The number of nitrogens with zero attached hydrogens (tertiary/aromatic N) is 1. The minimum Gasteiger partial charge on any atom is -0.462 e. The minimum atomic E-state index is -4.39. The summed E-state index contributed by atoms with van der Waals surface area (Å²) < 4.78 is 34.8. The average Bonchev–Trinajstić information content (AvgIpc) is 3.61. The van der Waals surface area contributed by atoms with Crippen LogP contribution in [0.1, 0.15) is 386 Å². The molecule has 0 bridgehead atoms. The zero-order valence-corrected chi connectivity index (χ0v) is 57.8. The molecule has 2 atom stereocenters. The van der Waals surface area contributed by atoms with E-state index in [-0.39, 0.29) is 25.6 Å². The second kappa shape index (κ2) is 65.9. The maximum atomic E-state index is 12.9. The van der Waals surface area contributed by atoms with Gasteiger partial charge >= 0.3 is 19.8 Å². The third kappa shape index (κ3) is 69.6. The number of allylic oxidation sites excluding steroid dienone is 4. The molecule has 0 aliphatic heterocycles. The van der Waals surface area contributed by atoms with Gasteiger partial charge in [-0.1, -0.05) is 334 Å². The van der Waals surface area contributed by atoms with Crippen molar-refractivity contribution in [3.8, 4) is 0 Å². The first-order valence-electron chi connectivity index (χ1n) is 37.1. The molecular weight excluding hydrogens is 1060 g/mol. The standard InChI is InChI=1S/C74H144NO8P/c1-6-8-10-12-14-16-18-20-22-24-26-28-30-32-33-34-35-36-37-38-39-40-41-43-45-47-49-51-53-55-57-59-61-63-65-67-74(77)83-72(71-82-84(78,79)81-69-68-75(3,4)5)70-80-73(76)66-64-62-60-58-56-54-52-50-48-46-44-42-31-29-27-25-23-21-19-17-15-13-11-9-7-2/h24-27,72H,6-23,28-71H2,1-5H3/p+1/b26-24-,27-25-. The minimum absolute atomic E-state index is 0.0354. The number of carbonyl (C=O) groups excluding carboxylic acids is 2. The third-order valence-electron chi connectivity index (χ3n) is 17.0. The van der Waals surface area contributed by atoms with Crippen molar-refractivity contribution in [2.45, 2.75) is 392 Å². The van der Waals surface area contributed by atoms with Crippen molar-refractivity contribution in [1.82, 2.24) is 0 Å². The van der Waals surface area contributed by atoms with Crippen LogP contribution in [0.3, 0.4) is 0 Å². The Bertz CT molecular complexity index is 1460. The predicted octanol–water partition coefficient (Wildman–Crippen LogP) is 24.1. The van der Waals surface area contributed by atoms with Gasteiger partial charge < -0.3 is 18.9 Å². The fraction of sp³-hybridized carbons (Fsp3) is 0.919. The quantitative estimate of drug-likeness (QED) is 0.0211. The highest BCUT2D eigenvalue weighted by molar-refractivity contribution is 7.47. The molecular formula is C74H145NO8P+. The van der Waals surface area contributed by atoms with E-state index in [4.69, 9.17) is 18.5 Å². The molecule has 0 saturated heterocycles. The molecule has 9 nitrogen and oxygen atoms in total. The second-order valence-corrected chi connectivity index (χ2v) is 28.1. The number of rotatable bonds is 70. The van der Waals surface area contributed by atoms with Crippen LogP contribution in [0.4, 0.5) is 0 Å². The first-order chi connectivity index (χ1) is 41.0. The van der Waals surface area contributed by atoms with E-state index in [1.165, 1.54) is 321 Å². The van der Waals surface area contributed by atoms with Crippen molar-refractivity contribution in [3.63, 3.8) is 0 Å². The van der Waals surface area contributed by atoms with Crippen LogP contribution in [0.15, 0.2) is 24.3 Å². The first kappa shape index (κ1) is 82.5. The topological polar surface area (TPSA) is 108 Å². The van der Waals surface area contributed by atoms with E-state index in [1.54, 1.807) is 0 Å².